The fourth-order valence-electron chi connectivity index (χ4n) is 1.98. The van der Waals surface area contributed by atoms with E-state index in [4.69, 9.17) is 4.74 Å². The lowest BCUT2D eigenvalue weighted by atomic mass is 10.1. The van der Waals surface area contributed by atoms with Crippen LogP contribution < -0.4 is 4.74 Å². The summed E-state index contributed by atoms with van der Waals surface area (Å²) >= 11 is 0. The highest BCUT2D eigenvalue weighted by Gasteiger charge is 2.21. The molecule has 1 aromatic rings. The van der Waals surface area contributed by atoms with Crippen molar-refractivity contribution < 1.29 is 19.6 Å². The maximum absolute atomic E-state index is 12.2. The van der Waals surface area contributed by atoms with Crippen molar-refractivity contribution in [1.29, 1.82) is 5.26 Å². The summed E-state index contributed by atoms with van der Waals surface area (Å²) in [6, 6.07) is 4.19. The predicted molar refractivity (Wildman–Crippen MR) is 82.8 cm³/mol. The van der Waals surface area contributed by atoms with E-state index in [1.165, 1.54) is 24.2 Å². The van der Waals surface area contributed by atoms with Crippen molar-refractivity contribution in [2.75, 3.05) is 20.2 Å². The molecule has 122 valence electrons. The summed E-state index contributed by atoms with van der Waals surface area (Å²) < 4.78 is 4.88. The zero-order valence-electron chi connectivity index (χ0n) is 13.1. The van der Waals surface area contributed by atoms with E-state index in [9.17, 15) is 25.3 Å². The van der Waals surface area contributed by atoms with Gasteiger partial charge in [-0.3, -0.25) is 14.9 Å². The standard InChI is InChI=1S/C15H17N3O5/c1-4-17(5-2)15(20)11(9-16)6-10-7-12(18(21)22)14(19)13(8-10)23-3/h6-8,19H,4-5H2,1-3H3/b11-6-. The van der Waals surface area contributed by atoms with Gasteiger partial charge in [0, 0.05) is 19.2 Å². The normalized spacial score (nSPS) is 10.8. The molecule has 0 aliphatic carbocycles. The maximum atomic E-state index is 12.2. The number of hydrogen-bond donors (Lipinski definition) is 1. The smallest absolute Gasteiger partial charge is 0.315 e. The number of rotatable bonds is 6. The Balaban J connectivity index is 3.39. The van der Waals surface area contributed by atoms with E-state index in [1.54, 1.807) is 19.9 Å². The number of nitro benzene ring substituents is 1. The third-order valence-electron chi connectivity index (χ3n) is 3.21. The summed E-state index contributed by atoms with van der Waals surface area (Å²) in [6.07, 6.45) is 1.23. The Kier molecular flexibility index (Phi) is 6.09. The SMILES string of the molecule is CCN(CC)C(=O)/C(C#N)=C\c1cc(OC)c(O)c([N+](=O)[O-])c1. The molecule has 0 spiro atoms. The highest BCUT2D eigenvalue weighted by atomic mass is 16.6. The number of hydrogen-bond acceptors (Lipinski definition) is 6. The molecule has 0 aliphatic heterocycles. The number of phenols is 1. The molecule has 8 nitrogen and oxygen atoms in total. The number of likely N-dealkylation sites (N-methyl/N-ethyl adjacent to an activating group) is 1. The van der Waals surface area contributed by atoms with Crippen LogP contribution in [0.2, 0.25) is 0 Å². The number of nitro groups is 1. The van der Waals surface area contributed by atoms with Gasteiger partial charge in [-0.05, 0) is 31.6 Å². The monoisotopic (exact) mass is 319 g/mol. The van der Waals surface area contributed by atoms with Crippen LogP contribution in [0.5, 0.6) is 11.5 Å². The van der Waals surface area contributed by atoms with Crippen molar-refractivity contribution in [3.63, 3.8) is 0 Å². The average molecular weight is 319 g/mol. The van der Waals surface area contributed by atoms with Gasteiger partial charge in [-0.25, -0.2) is 0 Å². The summed E-state index contributed by atoms with van der Waals surface area (Å²) in [4.78, 5) is 23.9. The van der Waals surface area contributed by atoms with Gasteiger partial charge in [-0.2, -0.15) is 5.26 Å². The number of aromatic hydroxyl groups is 1. The Hall–Kier alpha value is -3.08. The second-order valence-corrected chi connectivity index (χ2v) is 4.50. The van der Waals surface area contributed by atoms with Gasteiger partial charge in [0.15, 0.2) is 5.75 Å². The lowest BCUT2D eigenvalue weighted by Gasteiger charge is -2.17. The zero-order chi connectivity index (χ0) is 17.6. The molecule has 0 saturated heterocycles. The van der Waals surface area contributed by atoms with Gasteiger partial charge in [0.2, 0.25) is 5.75 Å². The quantitative estimate of drug-likeness (QED) is 0.371. The maximum Gasteiger partial charge on any atom is 0.315 e. The molecule has 0 unspecified atom stereocenters. The molecule has 0 heterocycles. The van der Waals surface area contributed by atoms with Gasteiger partial charge < -0.3 is 14.7 Å². The molecule has 0 saturated carbocycles. The fourth-order valence-corrected chi connectivity index (χ4v) is 1.98. The van der Waals surface area contributed by atoms with Crippen molar-refractivity contribution in [1.82, 2.24) is 4.90 Å². The molecule has 1 amide bonds. The van der Waals surface area contributed by atoms with Crippen LogP contribution in [0.15, 0.2) is 17.7 Å². The Morgan fingerprint density at radius 3 is 2.52 bits per heavy atom. The fraction of sp³-hybridized carbons (Fsp3) is 0.333. The van der Waals surface area contributed by atoms with Gasteiger partial charge in [-0.1, -0.05) is 0 Å². The number of nitrogens with zero attached hydrogens (tertiary/aromatic N) is 3. The Morgan fingerprint density at radius 1 is 1.48 bits per heavy atom. The minimum atomic E-state index is -0.770. The highest BCUT2D eigenvalue weighted by Crippen LogP contribution is 2.37. The van der Waals surface area contributed by atoms with Crippen molar-refractivity contribution in [3.05, 3.63) is 33.4 Å². The van der Waals surface area contributed by atoms with E-state index in [1.807, 2.05) is 0 Å². The number of carbonyl (C=O) groups is 1. The number of amides is 1. The average Bonchev–Trinajstić information content (AvgIpc) is 2.54. The van der Waals surface area contributed by atoms with Crippen LogP contribution in [0.25, 0.3) is 6.08 Å². The minimum Gasteiger partial charge on any atom is -0.500 e. The van der Waals surface area contributed by atoms with Gasteiger partial charge in [-0.15, -0.1) is 0 Å². The van der Waals surface area contributed by atoms with Crippen molar-refractivity contribution >= 4 is 17.7 Å². The predicted octanol–water partition coefficient (Wildman–Crippen LogP) is 2.08. The molecule has 1 rings (SSSR count). The molecule has 0 bridgehead atoms. The number of carbonyl (C=O) groups excluding carboxylic acids is 1. The van der Waals surface area contributed by atoms with Crippen molar-refractivity contribution in [3.8, 4) is 17.6 Å². The molecule has 0 aromatic heterocycles. The molecular formula is C15H17N3O5. The lowest BCUT2D eigenvalue weighted by Crippen LogP contribution is -2.31. The summed E-state index contributed by atoms with van der Waals surface area (Å²) in [5.74, 6) is -1.19. The molecule has 8 heteroatoms. The second-order valence-electron chi connectivity index (χ2n) is 4.50. The van der Waals surface area contributed by atoms with Crippen LogP contribution in [-0.4, -0.2) is 41.0 Å². The molecule has 0 radical (unpaired) electrons. The summed E-state index contributed by atoms with van der Waals surface area (Å²) in [7, 11) is 1.25. The van der Waals surface area contributed by atoms with Gasteiger partial charge in [0.1, 0.15) is 11.6 Å². The third kappa shape index (κ3) is 3.97. The first-order chi connectivity index (χ1) is 10.9. The van der Waals surface area contributed by atoms with E-state index in [2.05, 4.69) is 0 Å². The Bertz CT molecular complexity index is 687. The van der Waals surface area contributed by atoms with E-state index in [0.717, 1.165) is 6.07 Å². The largest absolute Gasteiger partial charge is 0.500 e. The number of nitriles is 1. The third-order valence-corrected chi connectivity index (χ3v) is 3.21. The molecule has 0 fully saturated rings. The number of methoxy groups -OCH3 is 1. The Labute approximate surface area is 133 Å². The van der Waals surface area contributed by atoms with E-state index >= 15 is 0 Å². The van der Waals surface area contributed by atoms with Crippen LogP contribution in [-0.2, 0) is 4.79 Å². The minimum absolute atomic E-state index is 0.113. The van der Waals surface area contributed by atoms with Crippen molar-refractivity contribution in [2.24, 2.45) is 0 Å². The lowest BCUT2D eigenvalue weighted by molar-refractivity contribution is -0.386. The summed E-state index contributed by atoms with van der Waals surface area (Å²) in [5, 5.41) is 29.9. The highest BCUT2D eigenvalue weighted by molar-refractivity contribution is 6.01. The summed E-state index contributed by atoms with van der Waals surface area (Å²) in [5.41, 5.74) is -0.512. The van der Waals surface area contributed by atoms with Gasteiger partial charge >= 0.3 is 5.69 Å². The molecule has 1 aromatic carbocycles. The van der Waals surface area contributed by atoms with E-state index in [-0.39, 0.29) is 16.9 Å². The number of phenolic OH excluding ortho intramolecular Hbond substituents is 1. The molecule has 1 N–H and O–H groups in total. The van der Waals surface area contributed by atoms with Crippen LogP contribution in [0.1, 0.15) is 19.4 Å². The van der Waals surface area contributed by atoms with Crippen LogP contribution in [0.3, 0.4) is 0 Å². The Morgan fingerprint density at radius 2 is 2.09 bits per heavy atom. The zero-order valence-corrected chi connectivity index (χ0v) is 13.1. The molecular weight excluding hydrogens is 302 g/mol. The number of benzene rings is 1. The van der Waals surface area contributed by atoms with Crippen LogP contribution >= 0.6 is 0 Å². The molecule has 23 heavy (non-hydrogen) atoms. The van der Waals surface area contributed by atoms with Crippen LogP contribution in [0.4, 0.5) is 5.69 Å². The van der Waals surface area contributed by atoms with Crippen LogP contribution in [0, 0.1) is 21.4 Å². The van der Waals surface area contributed by atoms with Gasteiger partial charge in [0.05, 0.1) is 12.0 Å². The van der Waals surface area contributed by atoms with Gasteiger partial charge in [0.25, 0.3) is 5.91 Å². The van der Waals surface area contributed by atoms with Crippen molar-refractivity contribution in [2.45, 2.75) is 13.8 Å². The summed E-state index contributed by atoms with van der Waals surface area (Å²) in [6.45, 7) is 4.44. The first-order valence-electron chi connectivity index (χ1n) is 6.85. The first kappa shape index (κ1) is 18.0. The first-order valence-corrected chi connectivity index (χ1v) is 6.85. The van der Waals surface area contributed by atoms with E-state index < -0.39 is 22.3 Å². The van der Waals surface area contributed by atoms with E-state index in [0.29, 0.717) is 13.1 Å². The second kappa shape index (κ2) is 7.79. The molecule has 0 atom stereocenters. The molecule has 0 aliphatic rings. The number of ether oxygens (including phenoxy) is 1. The topological polar surface area (TPSA) is 117 Å².